The van der Waals surface area contributed by atoms with E-state index < -0.39 is 0 Å². The first kappa shape index (κ1) is 12.9. The number of amides is 1. The second kappa shape index (κ2) is 5.01. The highest BCUT2D eigenvalue weighted by molar-refractivity contribution is 5.97. The van der Waals surface area contributed by atoms with E-state index in [0.717, 1.165) is 24.4 Å². The Morgan fingerprint density at radius 1 is 1.28 bits per heavy atom. The Kier molecular flexibility index (Phi) is 3.60. The molecule has 3 nitrogen and oxygen atoms in total. The summed E-state index contributed by atoms with van der Waals surface area (Å²) < 4.78 is 5.86. The molecule has 0 spiro atoms. The van der Waals surface area contributed by atoms with Gasteiger partial charge in [0.1, 0.15) is 11.9 Å². The largest absolute Gasteiger partial charge is 0.489 e. The zero-order valence-corrected chi connectivity index (χ0v) is 11.6. The molecule has 0 radical (unpaired) electrons. The van der Waals surface area contributed by atoms with E-state index in [4.69, 9.17) is 4.74 Å². The molecule has 1 aromatic rings. The molecule has 0 fully saturated rings. The molecule has 2 atom stereocenters. The Bertz CT molecular complexity index is 452. The SMILES string of the molecule is CCN(CC)C(=O)c1cccc2c1OC(C)C2C. The van der Waals surface area contributed by atoms with Gasteiger partial charge in [0.25, 0.3) is 5.91 Å². The van der Waals surface area contributed by atoms with E-state index in [9.17, 15) is 4.79 Å². The van der Waals surface area contributed by atoms with Crippen LogP contribution in [-0.4, -0.2) is 30.0 Å². The average Bonchev–Trinajstić information content (AvgIpc) is 2.67. The number of carbonyl (C=O) groups is 1. The molecule has 1 heterocycles. The second-order valence-corrected chi connectivity index (χ2v) is 4.81. The Labute approximate surface area is 109 Å². The van der Waals surface area contributed by atoms with Crippen molar-refractivity contribution in [3.63, 3.8) is 0 Å². The van der Waals surface area contributed by atoms with Crippen LogP contribution in [0.25, 0.3) is 0 Å². The molecule has 0 N–H and O–H groups in total. The summed E-state index contributed by atoms with van der Waals surface area (Å²) >= 11 is 0. The summed E-state index contributed by atoms with van der Waals surface area (Å²) in [6.07, 6.45) is 0.144. The predicted molar refractivity (Wildman–Crippen MR) is 72.2 cm³/mol. The minimum absolute atomic E-state index is 0.0677. The van der Waals surface area contributed by atoms with Gasteiger partial charge in [-0.05, 0) is 26.8 Å². The summed E-state index contributed by atoms with van der Waals surface area (Å²) in [7, 11) is 0. The van der Waals surface area contributed by atoms with Crippen LogP contribution in [0.1, 0.15) is 49.5 Å². The number of benzene rings is 1. The van der Waals surface area contributed by atoms with Gasteiger partial charge < -0.3 is 9.64 Å². The molecule has 3 heteroatoms. The average molecular weight is 247 g/mol. The molecular weight excluding hydrogens is 226 g/mol. The Hall–Kier alpha value is -1.51. The van der Waals surface area contributed by atoms with Crippen LogP contribution in [0, 0.1) is 0 Å². The lowest BCUT2D eigenvalue weighted by molar-refractivity contribution is 0.0767. The monoisotopic (exact) mass is 247 g/mol. The minimum atomic E-state index is 0.0677. The molecule has 1 aliphatic heterocycles. The molecule has 0 bridgehead atoms. The fourth-order valence-corrected chi connectivity index (χ4v) is 2.44. The Morgan fingerprint density at radius 3 is 2.56 bits per heavy atom. The molecule has 2 unspecified atom stereocenters. The quantitative estimate of drug-likeness (QED) is 0.821. The van der Waals surface area contributed by atoms with Crippen LogP contribution in [0.4, 0.5) is 0 Å². The number of hydrogen-bond acceptors (Lipinski definition) is 2. The molecule has 18 heavy (non-hydrogen) atoms. The van der Waals surface area contributed by atoms with Gasteiger partial charge in [0.05, 0.1) is 5.56 Å². The molecule has 1 aliphatic rings. The molecule has 0 saturated heterocycles. The van der Waals surface area contributed by atoms with Crippen molar-refractivity contribution in [2.45, 2.75) is 39.7 Å². The van der Waals surface area contributed by atoms with E-state index in [0.29, 0.717) is 11.5 Å². The lowest BCUT2D eigenvalue weighted by Gasteiger charge is -2.20. The molecule has 0 saturated carbocycles. The second-order valence-electron chi connectivity index (χ2n) is 4.81. The van der Waals surface area contributed by atoms with Gasteiger partial charge in [0.2, 0.25) is 0 Å². The summed E-state index contributed by atoms with van der Waals surface area (Å²) in [6, 6.07) is 5.88. The summed E-state index contributed by atoms with van der Waals surface area (Å²) in [6.45, 7) is 9.64. The number of fused-ring (bicyclic) bond motifs is 1. The van der Waals surface area contributed by atoms with Crippen molar-refractivity contribution in [1.29, 1.82) is 0 Å². The van der Waals surface area contributed by atoms with E-state index in [-0.39, 0.29) is 12.0 Å². The highest BCUT2D eigenvalue weighted by Crippen LogP contribution is 2.40. The van der Waals surface area contributed by atoms with Gasteiger partial charge in [-0.3, -0.25) is 4.79 Å². The Morgan fingerprint density at radius 2 is 1.94 bits per heavy atom. The Balaban J connectivity index is 2.40. The van der Waals surface area contributed by atoms with Crippen molar-refractivity contribution in [2.24, 2.45) is 0 Å². The van der Waals surface area contributed by atoms with Gasteiger partial charge in [-0.15, -0.1) is 0 Å². The minimum Gasteiger partial charge on any atom is -0.489 e. The molecule has 2 rings (SSSR count). The van der Waals surface area contributed by atoms with Crippen molar-refractivity contribution in [3.8, 4) is 5.75 Å². The maximum Gasteiger partial charge on any atom is 0.257 e. The van der Waals surface area contributed by atoms with Crippen LogP contribution in [0.2, 0.25) is 0 Å². The van der Waals surface area contributed by atoms with Gasteiger partial charge in [-0.2, -0.15) is 0 Å². The van der Waals surface area contributed by atoms with Crippen LogP contribution in [0.3, 0.4) is 0 Å². The molecular formula is C15H21NO2. The van der Waals surface area contributed by atoms with E-state index in [1.165, 1.54) is 0 Å². The standard InChI is InChI=1S/C15H21NO2/c1-5-16(6-2)15(17)13-9-7-8-12-10(3)11(4)18-14(12)13/h7-11H,5-6H2,1-4H3. The van der Waals surface area contributed by atoms with Crippen LogP contribution in [0.15, 0.2) is 18.2 Å². The highest BCUT2D eigenvalue weighted by Gasteiger charge is 2.31. The van der Waals surface area contributed by atoms with Crippen molar-refractivity contribution in [3.05, 3.63) is 29.3 Å². The fraction of sp³-hybridized carbons (Fsp3) is 0.533. The molecule has 0 aliphatic carbocycles. The van der Waals surface area contributed by atoms with Gasteiger partial charge >= 0.3 is 0 Å². The smallest absolute Gasteiger partial charge is 0.257 e. The third kappa shape index (κ3) is 1.98. The normalized spacial score (nSPS) is 21.3. The summed E-state index contributed by atoms with van der Waals surface area (Å²) in [5, 5.41) is 0. The predicted octanol–water partition coefficient (Wildman–Crippen LogP) is 3.05. The molecule has 1 amide bonds. The maximum absolute atomic E-state index is 12.4. The van der Waals surface area contributed by atoms with Crippen LogP contribution < -0.4 is 4.74 Å². The van der Waals surface area contributed by atoms with Crippen LogP contribution in [-0.2, 0) is 0 Å². The van der Waals surface area contributed by atoms with E-state index in [2.05, 4.69) is 19.9 Å². The zero-order chi connectivity index (χ0) is 13.3. The highest BCUT2D eigenvalue weighted by atomic mass is 16.5. The van der Waals surface area contributed by atoms with Crippen LogP contribution >= 0.6 is 0 Å². The van der Waals surface area contributed by atoms with Crippen molar-refractivity contribution < 1.29 is 9.53 Å². The molecule has 1 aromatic carbocycles. The maximum atomic E-state index is 12.4. The van der Waals surface area contributed by atoms with Crippen molar-refractivity contribution in [1.82, 2.24) is 4.90 Å². The summed E-state index contributed by atoms with van der Waals surface area (Å²) in [5.41, 5.74) is 1.85. The van der Waals surface area contributed by atoms with E-state index in [1.54, 1.807) is 0 Å². The molecule has 98 valence electrons. The van der Waals surface area contributed by atoms with Gasteiger partial charge in [0.15, 0.2) is 0 Å². The number of hydrogen-bond donors (Lipinski definition) is 0. The first-order chi connectivity index (χ1) is 8.60. The lowest BCUT2D eigenvalue weighted by atomic mass is 9.96. The number of ether oxygens (including phenoxy) is 1. The first-order valence-corrected chi connectivity index (χ1v) is 6.68. The van der Waals surface area contributed by atoms with Gasteiger partial charge in [-0.25, -0.2) is 0 Å². The van der Waals surface area contributed by atoms with Gasteiger partial charge in [-0.1, -0.05) is 19.1 Å². The topological polar surface area (TPSA) is 29.5 Å². The number of nitrogens with zero attached hydrogens (tertiary/aromatic N) is 1. The van der Waals surface area contributed by atoms with Crippen molar-refractivity contribution in [2.75, 3.05) is 13.1 Å². The van der Waals surface area contributed by atoms with Crippen molar-refractivity contribution >= 4 is 5.91 Å². The lowest BCUT2D eigenvalue weighted by Crippen LogP contribution is -2.30. The van der Waals surface area contributed by atoms with E-state index in [1.807, 2.05) is 30.9 Å². The number of para-hydroxylation sites is 1. The van der Waals surface area contributed by atoms with Gasteiger partial charge in [0, 0.05) is 24.6 Å². The first-order valence-electron chi connectivity index (χ1n) is 6.68. The summed E-state index contributed by atoms with van der Waals surface area (Å²) in [4.78, 5) is 14.3. The summed E-state index contributed by atoms with van der Waals surface area (Å²) in [5.74, 6) is 1.21. The third-order valence-corrected chi connectivity index (χ3v) is 3.82. The number of carbonyl (C=O) groups excluding carboxylic acids is 1. The zero-order valence-electron chi connectivity index (χ0n) is 11.6. The fourth-order valence-electron chi connectivity index (χ4n) is 2.44. The number of rotatable bonds is 3. The van der Waals surface area contributed by atoms with Crippen LogP contribution in [0.5, 0.6) is 5.75 Å². The third-order valence-electron chi connectivity index (χ3n) is 3.82. The van der Waals surface area contributed by atoms with E-state index >= 15 is 0 Å². The molecule has 0 aromatic heterocycles.